The average Bonchev–Trinajstić information content (AvgIpc) is 3.30. The van der Waals surface area contributed by atoms with Crippen molar-refractivity contribution in [3.63, 3.8) is 0 Å². The van der Waals surface area contributed by atoms with Crippen molar-refractivity contribution in [1.82, 2.24) is 30.0 Å². The highest BCUT2D eigenvalue weighted by atomic mass is 19.1. The van der Waals surface area contributed by atoms with E-state index in [1.165, 1.54) is 30.6 Å². The molecule has 0 aliphatic carbocycles. The normalized spacial score (nSPS) is 10.8. The third kappa shape index (κ3) is 5.65. The lowest BCUT2D eigenvalue weighted by atomic mass is 10.1. The van der Waals surface area contributed by atoms with E-state index in [0.717, 1.165) is 0 Å². The van der Waals surface area contributed by atoms with Gasteiger partial charge in [-0.15, -0.1) is 0 Å². The van der Waals surface area contributed by atoms with Crippen molar-refractivity contribution >= 4 is 11.9 Å². The SMILES string of the molecule is Cc1nc(-c2ccc(-c3ccc(C(=O)Nc4ncc(C#N)c(OCCN(C)C)n4)cn3)c(F)c2)no1. The minimum Gasteiger partial charge on any atom is -0.475 e. The molecular formula is C24H21FN8O3. The van der Waals surface area contributed by atoms with Crippen LogP contribution in [0.2, 0.25) is 0 Å². The molecule has 36 heavy (non-hydrogen) atoms. The fourth-order valence-corrected chi connectivity index (χ4v) is 3.08. The van der Waals surface area contributed by atoms with Crippen molar-refractivity contribution in [1.29, 1.82) is 5.26 Å². The molecule has 12 heteroatoms. The van der Waals surface area contributed by atoms with Crippen LogP contribution < -0.4 is 10.1 Å². The van der Waals surface area contributed by atoms with Gasteiger partial charge in [0.25, 0.3) is 5.91 Å². The van der Waals surface area contributed by atoms with Crippen LogP contribution in [0.5, 0.6) is 5.88 Å². The van der Waals surface area contributed by atoms with Gasteiger partial charge >= 0.3 is 0 Å². The van der Waals surface area contributed by atoms with E-state index in [0.29, 0.717) is 30.3 Å². The number of nitrogens with one attached hydrogen (secondary N) is 1. The predicted molar refractivity (Wildman–Crippen MR) is 126 cm³/mol. The molecule has 0 radical (unpaired) electrons. The minimum atomic E-state index is -0.527. The fraction of sp³-hybridized carbons (Fsp3) is 0.208. The zero-order valence-electron chi connectivity index (χ0n) is 19.7. The van der Waals surface area contributed by atoms with Crippen molar-refractivity contribution in [2.75, 3.05) is 32.6 Å². The number of pyridine rings is 1. The molecule has 0 saturated heterocycles. The number of halogens is 1. The average molecular weight is 488 g/mol. The maximum absolute atomic E-state index is 14.7. The Labute approximate surface area is 205 Å². The van der Waals surface area contributed by atoms with Crippen LogP contribution >= 0.6 is 0 Å². The van der Waals surface area contributed by atoms with Crippen molar-refractivity contribution in [3.05, 3.63) is 65.6 Å². The van der Waals surface area contributed by atoms with E-state index in [1.807, 2.05) is 25.1 Å². The maximum atomic E-state index is 14.7. The van der Waals surface area contributed by atoms with Crippen LogP contribution in [0.1, 0.15) is 21.8 Å². The molecule has 0 bridgehead atoms. The van der Waals surface area contributed by atoms with Gasteiger partial charge in [-0.1, -0.05) is 11.2 Å². The zero-order chi connectivity index (χ0) is 25.7. The predicted octanol–water partition coefficient (Wildman–Crippen LogP) is 3.10. The number of hydrogen-bond acceptors (Lipinski definition) is 10. The molecule has 1 amide bonds. The highest BCUT2D eigenvalue weighted by Crippen LogP contribution is 2.26. The number of carbonyl (C=O) groups is 1. The summed E-state index contributed by atoms with van der Waals surface area (Å²) in [4.78, 5) is 31.0. The molecule has 4 rings (SSSR count). The summed E-state index contributed by atoms with van der Waals surface area (Å²) in [6.45, 7) is 2.58. The van der Waals surface area contributed by atoms with E-state index in [1.54, 1.807) is 19.1 Å². The quantitative estimate of drug-likeness (QED) is 0.393. The Hall–Kier alpha value is -4.76. The number of aromatic nitrogens is 5. The van der Waals surface area contributed by atoms with E-state index in [-0.39, 0.29) is 34.3 Å². The smallest absolute Gasteiger partial charge is 0.259 e. The van der Waals surface area contributed by atoms with Crippen molar-refractivity contribution in [2.24, 2.45) is 0 Å². The maximum Gasteiger partial charge on any atom is 0.259 e. The highest BCUT2D eigenvalue weighted by molar-refractivity contribution is 6.03. The first-order chi connectivity index (χ1) is 17.3. The number of likely N-dealkylation sites (N-methyl/N-ethyl adjacent to an activating group) is 1. The number of nitrogens with zero attached hydrogens (tertiary/aromatic N) is 7. The standard InChI is InChI=1S/C24H21FN8O3/c1-14-29-21(32-36-14)15-4-6-18(19(25)10-15)20-7-5-16(12-27-20)22(34)30-24-28-13-17(11-26)23(31-24)35-9-8-33(2)3/h4-7,10,12-13H,8-9H2,1-3H3,(H,28,30,31,34). The number of anilines is 1. The molecule has 0 unspecified atom stereocenters. The molecule has 3 heterocycles. The molecule has 4 aromatic rings. The number of nitriles is 1. The van der Waals surface area contributed by atoms with E-state index in [9.17, 15) is 14.4 Å². The molecule has 182 valence electrons. The molecule has 0 fully saturated rings. The van der Waals surface area contributed by atoms with Gasteiger partial charge in [0, 0.05) is 30.8 Å². The van der Waals surface area contributed by atoms with E-state index in [2.05, 4.69) is 30.4 Å². The van der Waals surface area contributed by atoms with Gasteiger partial charge in [-0.05, 0) is 38.4 Å². The first-order valence-corrected chi connectivity index (χ1v) is 10.8. The molecule has 0 saturated carbocycles. The Bertz CT molecular complexity index is 1430. The number of carbonyl (C=O) groups excluding carboxylic acids is 1. The fourth-order valence-electron chi connectivity index (χ4n) is 3.08. The second-order valence-corrected chi connectivity index (χ2v) is 7.89. The van der Waals surface area contributed by atoms with Crippen LogP contribution in [0.15, 0.2) is 47.2 Å². The summed E-state index contributed by atoms with van der Waals surface area (Å²) in [6.07, 6.45) is 2.59. The highest BCUT2D eigenvalue weighted by Gasteiger charge is 2.15. The molecule has 0 spiro atoms. The molecule has 0 aliphatic heterocycles. The van der Waals surface area contributed by atoms with E-state index >= 15 is 0 Å². The minimum absolute atomic E-state index is 0.0266. The van der Waals surface area contributed by atoms with Crippen LogP contribution in [0.25, 0.3) is 22.6 Å². The Morgan fingerprint density at radius 3 is 2.67 bits per heavy atom. The summed E-state index contributed by atoms with van der Waals surface area (Å²) >= 11 is 0. The van der Waals surface area contributed by atoms with E-state index < -0.39 is 11.7 Å². The van der Waals surface area contributed by atoms with Crippen molar-refractivity contribution in [2.45, 2.75) is 6.92 Å². The monoisotopic (exact) mass is 488 g/mol. The summed E-state index contributed by atoms with van der Waals surface area (Å²) < 4.78 is 25.2. The Balaban J connectivity index is 1.46. The molecule has 1 N–H and O–H groups in total. The first-order valence-electron chi connectivity index (χ1n) is 10.8. The Morgan fingerprint density at radius 2 is 2.03 bits per heavy atom. The van der Waals surface area contributed by atoms with Gasteiger partial charge < -0.3 is 14.2 Å². The first kappa shape index (κ1) is 24.4. The zero-order valence-corrected chi connectivity index (χ0v) is 19.7. The topological polar surface area (TPSA) is 143 Å². The summed E-state index contributed by atoms with van der Waals surface area (Å²) in [6, 6.07) is 9.50. The molecule has 1 aromatic carbocycles. The summed E-state index contributed by atoms with van der Waals surface area (Å²) in [5.74, 6) is -0.332. The van der Waals surface area contributed by atoms with Gasteiger partial charge in [-0.25, -0.2) is 9.37 Å². The van der Waals surface area contributed by atoms with Crippen LogP contribution in [-0.2, 0) is 0 Å². The number of rotatable bonds is 8. The van der Waals surface area contributed by atoms with Crippen LogP contribution in [-0.4, -0.2) is 63.1 Å². The van der Waals surface area contributed by atoms with Gasteiger partial charge in [-0.2, -0.15) is 15.2 Å². The number of ether oxygens (including phenoxy) is 1. The largest absolute Gasteiger partial charge is 0.475 e. The second-order valence-electron chi connectivity index (χ2n) is 7.89. The van der Waals surface area contributed by atoms with Crippen LogP contribution in [0.3, 0.4) is 0 Å². The number of hydrogen-bond donors (Lipinski definition) is 1. The molecular weight excluding hydrogens is 467 g/mol. The number of aryl methyl sites for hydroxylation is 1. The third-order valence-corrected chi connectivity index (χ3v) is 4.93. The van der Waals surface area contributed by atoms with Gasteiger partial charge in [0.2, 0.25) is 23.5 Å². The second kappa shape index (κ2) is 10.7. The van der Waals surface area contributed by atoms with Gasteiger partial charge in [0.1, 0.15) is 24.1 Å². The summed E-state index contributed by atoms with van der Waals surface area (Å²) in [7, 11) is 3.78. The molecule has 0 aliphatic rings. The third-order valence-electron chi connectivity index (χ3n) is 4.93. The lowest BCUT2D eigenvalue weighted by Gasteiger charge is -2.12. The summed E-state index contributed by atoms with van der Waals surface area (Å²) in [5.41, 5.74) is 1.42. The van der Waals surface area contributed by atoms with Gasteiger partial charge in [0.15, 0.2) is 0 Å². The molecule has 0 atom stereocenters. The van der Waals surface area contributed by atoms with Gasteiger partial charge in [-0.3, -0.25) is 15.1 Å². The Morgan fingerprint density at radius 1 is 1.19 bits per heavy atom. The van der Waals surface area contributed by atoms with Crippen molar-refractivity contribution in [3.8, 4) is 34.6 Å². The summed E-state index contributed by atoms with van der Waals surface area (Å²) in [5, 5.41) is 15.6. The molecule has 11 nitrogen and oxygen atoms in total. The van der Waals surface area contributed by atoms with Crippen LogP contribution in [0.4, 0.5) is 10.3 Å². The molecule has 3 aromatic heterocycles. The number of benzene rings is 1. The van der Waals surface area contributed by atoms with Crippen molar-refractivity contribution < 1.29 is 18.4 Å². The lowest BCUT2D eigenvalue weighted by molar-refractivity contribution is 0.102. The number of amides is 1. The van der Waals surface area contributed by atoms with Gasteiger partial charge in [0.05, 0.1) is 17.5 Å². The Kier molecular flexibility index (Phi) is 7.22. The van der Waals surface area contributed by atoms with E-state index in [4.69, 9.17) is 9.26 Å². The lowest BCUT2D eigenvalue weighted by Crippen LogP contribution is -2.20. The van der Waals surface area contributed by atoms with Crippen LogP contribution in [0, 0.1) is 24.1 Å².